The molecule has 0 aliphatic heterocycles. The summed E-state index contributed by atoms with van der Waals surface area (Å²) in [6.45, 7) is 5.50. The molecule has 6 aromatic rings. The zero-order chi connectivity index (χ0) is 44.8. The summed E-state index contributed by atoms with van der Waals surface area (Å²) in [5.74, 6) is -1.81. The van der Waals surface area contributed by atoms with E-state index in [1.54, 1.807) is 30.6 Å². The fourth-order valence-electron chi connectivity index (χ4n) is 6.66. The molecule has 0 aliphatic carbocycles. The average molecular weight is 861 g/mol. The van der Waals surface area contributed by atoms with E-state index in [0.717, 1.165) is 38.9 Å². The fraction of sp³-hybridized carbons (Fsp3) is 0.261. The molecule has 0 aliphatic rings. The SMILES string of the molecule is Cc1c(COc2cc(OCc3cncc(C#N)c3)c(CN[C@@](C)(CO)C(=O)O)cc2Cl)cccc1-c1cccc(-c2ccn3c(=O)c(CN[C@](C)(CO)C(=O)O)cnc3c2)c1C. The second kappa shape index (κ2) is 18.9. The van der Waals surface area contributed by atoms with Crippen LogP contribution in [0.4, 0.5) is 0 Å². The van der Waals surface area contributed by atoms with Crippen molar-refractivity contribution < 1.29 is 39.5 Å². The molecule has 0 saturated carbocycles. The van der Waals surface area contributed by atoms with E-state index in [1.165, 1.54) is 30.6 Å². The number of aliphatic hydroxyl groups excluding tert-OH is 2. The highest BCUT2D eigenvalue weighted by molar-refractivity contribution is 6.32. The van der Waals surface area contributed by atoms with Crippen molar-refractivity contribution in [2.75, 3.05) is 13.2 Å². The molecule has 0 unspecified atom stereocenters. The van der Waals surface area contributed by atoms with Crippen LogP contribution in [0.3, 0.4) is 0 Å². The Balaban J connectivity index is 1.25. The molecule has 0 bridgehead atoms. The standard InChI is InChI=1S/C46H45ClN6O9/c1-27-32(24-62-40-16-39(61-23-30-13-29(17-48)18-49-19-30)33(14-38(40)47)21-51-45(3,25-54)43(57)58)7-5-9-36(27)37-10-6-8-35(28(37)2)31-11-12-53-41(15-31)50-20-34(42(53)56)22-52-46(4,26-55)44(59)60/h5-16,18-20,51-52,54-55H,21-26H2,1-4H3,(H,57,58)(H,59,60)/t45-,46+/m0/s1. The van der Waals surface area contributed by atoms with Crippen molar-refractivity contribution in [2.24, 2.45) is 0 Å². The van der Waals surface area contributed by atoms with Crippen molar-refractivity contribution in [3.05, 3.63) is 146 Å². The van der Waals surface area contributed by atoms with Gasteiger partial charge in [-0.25, -0.2) is 4.98 Å². The van der Waals surface area contributed by atoms with Crippen LogP contribution in [0, 0.1) is 25.2 Å². The Bertz CT molecular complexity index is 2770. The lowest BCUT2D eigenvalue weighted by Crippen LogP contribution is -2.52. The van der Waals surface area contributed by atoms with Gasteiger partial charge in [0.25, 0.3) is 5.56 Å². The first-order chi connectivity index (χ1) is 29.6. The maximum absolute atomic E-state index is 13.3. The zero-order valence-corrected chi connectivity index (χ0v) is 35.2. The summed E-state index contributed by atoms with van der Waals surface area (Å²) in [5, 5.41) is 53.7. The minimum Gasteiger partial charge on any atom is -0.488 e. The molecule has 3 aromatic carbocycles. The molecule has 3 heterocycles. The molecule has 0 saturated heterocycles. The molecule has 0 spiro atoms. The van der Waals surface area contributed by atoms with Gasteiger partial charge in [0, 0.05) is 55.1 Å². The third-order valence-electron chi connectivity index (χ3n) is 10.9. The number of hydrogen-bond acceptors (Lipinski definition) is 12. The van der Waals surface area contributed by atoms with Gasteiger partial charge in [-0.15, -0.1) is 0 Å². The second-order valence-electron chi connectivity index (χ2n) is 15.3. The highest BCUT2D eigenvalue weighted by Crippen LogP contribution is 2.37. The molecule has 2 atom stereocenters. The number of aliphatic carboxylic acids is 2. The zero-order valence-electron chi connectivity index (χ0n) is 34.4. The quantitative estimate of drug-likeness (QED) is 0.0621. The van der Waals surface area contributed by atoms with Crippen LogP contribution >= 0.6 is 11.6 Å². The smallest absolute Gasteiger partial charge is 0.326 e. The summed E-state index contributed by atoms with van der Waals surface area (Å²) in [6.07, 6.45) is 6.06. The molecule has 6 rings (SSSR count). The summed E-state index contributed by atoms with van der Waals surface area (Å²) < 4.78 is 13.9. The minimum absolute atomic E-state index is 0.0104. The molecular formula is C46H45ClN6O9. The molecular weight excluding hydrogens is 816 g/mol. The monoisotopic (exact) mass is 860 g/mol. The minimum atomic E-state index is -1.63. The van der Waals surface area contributed by atoms with Crippen molar-refractivity contribution in [3.8, 4) is 39.8 Å². The van der Waals surface area contributed by atoms with Crippen molar-refractivity contribution in [3.63, 3.8) is 0 Å². The van der Waals surface area contributed by atoms with Gasteiger partial charge >= 0.3 is 11.9 Å². The summed E-state index contributed by atoms with van der Waals surface area (Å²) in [7, 11) is 0. The van der Waals surface area contributed by atoms with Gasteiger partial charge in [-0.1, -0.05) is 48.0 Å². The van der Waals surface area contributed by atoms with E-state index in [0.29, 0.717) is 33.8 Å². The van der Waals surface area contributed by atoms with Crippen LogP contribution in [0.5, 0.6) is 11.5 Å². The van der Waals surface area contributed by atoms with E-state index in [9.17, 15) is 40.1 Å². The predicted molar refractivity (Wildman–Crippen MR) is 231 cm³/mol. The number of hydrogen-bond donors (Lipinski definition) is 6. The summed E-state index contributed by atoms with van der Waals surface area (Å²) in [4.78, 5) is 45.4. The van der Waals surface area contributed by atoms with Gasteiger partial charge in [-0.3, -0.25) is 34.4 Å². The first kappa shape index (κ1) is 44.9. The lowest BCUT2D eigenvalue weighted by Gasteiger charge is -2.25. The molecule has 320 valence electrons. The lowest BCUT2D eigenvalue weighted by atomic mass is 9.90. The van der Waals surface area contributed by atoms with Gasteiger partial charge in [0.05, 0.1) is 29.4 Å². The van der Waals surface area contributed by atoms with Crippen LogP contribution in [0.2, 0.25) is 5.02 Å². The maximum Gasteiger partial charge on any atom is 0.326 e. The molecule has 16 heteroatoms. The number of benzene rings is 3. The Hall–Kier alpha value is -6.67. The van der Waals surface area contributed by atoms with E-state index in [2.05, 4.69) is 26.7 Å². The molecule has 0 amide bonds. The fourth-order valence-corrected chi connectivity index (χ4v) is 6.90. The number of rotatable bonds is 18. The molecule has 62 heavy (non-hydrogen) atoms. The largest absolute Gasteiger partial charge is 0.488 e. The number of fused-ring (bicyclic) bond motifs is 1. The Morgan fingerprint density at radius 2 is 1.42 bits per heavy atom. The number of pyridine rings is 2. The van der Waals surface area contributed by atoms with Crippen LogP contribution in [-0.4, -0.2) is 71.0 Å². The van der Waals surface area contributed by atoms with E-state index in [4.69, 9.17) is 21.1 Å². The van der Waals surface area contributed by atoms with E-state index < -0.39 is 36.2 Å². The number of aliphatic hydroxyl groups is 2. The van der Waals surface area contributed by atoms with Gasteiger partial charge < -0.3 is 29.9 Å². The molecule has 15 nitrogen and oxygen atoms in total. The third kappa shape index (κ3) is 9.60. The number of halogens is 1. The van der Waals surface area contributed by atoms with Crippen molar-refractivity contribution >= 4 is 29.2 Å². The lowest BCUT2D eigenvalue weighted by molar-refractivity contribution is -0.146. The number of nitrogens with zero attached hydrogens (tertiary/aromatic N) is 4. The highest BCUT2D eigenvalue weighted by atomic mass is 35.5. The maximum atomic E-state index is 13.3. The van der Waals surface area contributed by atoms with E-state index in [1.807, 2.05) is 62.4 Å². The first-order valence-corrected chi connectivity index (χ1v) is 19.8. The number of nitrogens with one attached hydrogen (secondary N) is 2. The van der Waals surface area contributed by atoms with Gasteiger partial charge in [0.1, 0.15) is 47.5 Å². The van der Waals surface area contributed by atoms with Crippen molar-refractivity contribution in [1.29, 1.82) is 5.26 Å². The van der Waals surface area contributed by atoms with Crippen molar-refractivity contribution in [2.45, 2.75) is 65.1 Å². The van der Waals surface area contributed by atoms with Gasteiger partial charge in [-0.05, 0) is 90.9 Å². The highest BCUT2D eigenvalue weighted by Gasteiger charge is 2.33. The van der Waals surface area contributed by atoms with Gasteiger partial charge in [-0.2, -0.15) is 5.26 Å². The van der Waals surface area contributed by atoms with Gasteiger partial charge in [0.15, 0.2) is 0 Å². The van der Waals surface area contributed by atoms with Crippen LogP contribution in [-0.2, 0) is 35.9 Å². The van der Waals surface area contributed by atoms with Crippen LogP contribution in [0.15, 0.2) is 96.3 Å². The number of ether oxygens (including phenoxy) is 2. The average Bonchev–Trinajstić information content (AvgIpc) is 3.27. The summed E-state index contributed by atoms with van der Waals surface area (Å²) in [5.41, 5.74) is 5.13. The Labute approximate surface area is 361 Å². The van der Waals surface area contributed by atoms with Crippen LogP contribution in [0.1, 0.15) is 52.8 Å². The van der Waals surface area contributed by atoms with E-state index >= 15 is 0 Å². The normalized spacial score (nSPS) is 13.2. The van der Waals surface area contributed by atoms with Crippen molar-refractivity contribution in [1.82, 2.24) is 25.0 Å². The summed E-state index contributed by atoms with van der Waals surface area (Å²) >= 11 is 6.76. The second-order valence-corrected chi connectivity index (χ2v) is 15.7. The Morgan fingerprint density at radius 1 is 0.790 bits per heavy atom. The number of carboxylic acid groups (broad SMARTS) is 2. The number of nitriles is 1. The number of carboxylic acids is 2. The molecule has 3 aromatic heterocycles. The van der Waals surface area contributed by atoms with E-state index in [-0.39, 0.29) is 42.4 Å². The molecule has 6 N–H and O–H groups in total. The van der Waals surface area contributed by atoms with Crippen LogP contribution in [0.25, 0.3) is 27.9 Å². The van der Waals surface area contributed by atoms with Gasteiger partial charge in [0.2, 0.25) is 0 Å². The summed E-state index contributed by atoms with van der Waals surface area (Å²) in [6, 6.07) is 22.5. The number of aromatic nitrogens is 3. The Morgan fingerprint density at radius 3 is 2.08 bits per heavy atom. The Kier molecular flexibility index (Phi) is 13.7. The first-order valence-electron chi connectivity index (χ1n) is 19.4. The molecule has 0 fully saturated rings. The third-order valence-corrected chi connectivity index (χ3v) is 11.2. The predicted octanol–water partition coefficient (Wildman–Crippen LogP) is 5.57. The topological polar surface area (TPSA) is 229 Å². The van der Waals surface area contributed by atoms with Crippen LogP contribution < -0.4 is 25.7 Å². The molecule has 0 radical (unpaired) electrons. The number of carbonyl (C=O) groups is 2.